The molecule has 1 unspecified atom stereocenters. The summed E-state index contributed by atoms with van der Waals surface area (Å²) < 4.78 is 0. The van der Waals surface area contributed by atoms with Crippen LogP contribution < -0.4 is 0 Å². The van der Waals surface area contributed by atoms with Gasteiger partial charge in [0.05, 0.1) is 0 Å². The van der Waals surface area contributed by atoms with Gasteiger partial charge < -0.3 is 0 Å². The number of hydrogen-bond acceptors (Lipinski definition) is 0. The van der Waals surface area contributed by atoms with Gasteiger partial charge in [-0.05, 0) is 31.7 Å². The molecule has 0 saturated carbocycles. The molecule has 0 fully saturated rings. The average Bonchev–Trinajstić information content (AvgIpc) is 2.12. The van der Waals surface area contributed by atoms with Crippen LogP contribution in [0.1, 0.15) is 33.6 Å². The smallest absolute Gasteiger partial charge is 0.155 e. The molecule has 0 aromatic heterocycles. The van der Waals surface area contributed by atoms with Gasteiger partial charge >= 0.3 is 0 Å². The lowest BCUT2D eigenvalue weighted by Crippen LogP contribution is -1.91. The van der Waals surface area contributed by atoms with E-state index in [-0.39, 0.29) is 0 Å². The average molecular weight is 196 g/mol. The monoisotopic (exact) mass is 196 g/mol. The van der Waals surface area contributed by atoms with E-state index >= 15 is 0 Å². The minimum Gasteiger partial charge on any atom is -0.159 e. The van der Waals surface area contributed by atoms with Crippen molar-refractivity contribution in [3.63, 3.8) is 0 Å². The minimum atomic E-state index is 0.703. The van der Waals surface area contributed by atoms with Gasteiger partial charge in [-0.1, -0.05) is 31.6 Å². The molecular formula is C11H22BP. The first-order valence-corrected chi connectivity index (χ1v) is 6.61. The summed E-state index contributed by atoms with van der Waals surface area (Å²) in [6, 6.07) is 0. The molecule has 0 radical (unpaired) electrons. The highest BCUT2D eigenvalue weighted by Gasteiger charge is 1.98. The lowest BCUT2D eigenvalue weighted by Gasteiger charge is -2.04. The highest BCUT2D eigenvalue weighted by Crippen LogP contribution is 2.19. The Morgan fingerprint density at radius 2 is 2.31 bits per heavy atom. The molecular weight excluding hydrogens is 174 g/mol. The van der Waals surface area contributed by atoms with Gasteiger partial charge in [-0.25, -0.2) is 0 Å². The SMILES string of the molecule is C=C[C@H](C)BPCC/C(C)=C/CC. The van der Waals surface area contributed by atoms with Gasteiger partial charge in [0.25, 0.3) is 0 Å². The normalized spacial score (nSPS) is 14.8. The molecule has 13 heavy (non-hydrogen) atoms. The fraction of sp³-hybridized carbons (Fsp3) is 0.636. The van der Waals surface area contributed by atoms with Crippen molar-refractivity contribution in [2.75, 3.05) is 6.16 Å². The van der Waals surface area contributed by atoms with Crippen molar-refractivity contribution < 1.29 is 0 Å². The fourth-order valence-corrected chi connectivity index (χ4v) is 2.55. The van der Waals surface area contributed by atoms with Crippen LogP contribution in [-0.2, 0) is 0 Å². The molecule has 0 saturated heterocycles. The van der Waals surface area contributed by atoms with E-state index < -0.39 is 0 Å². The van der Waals surface area contributed by atoms with Crippen LogP contribution >= 0.6 is 8.46 Å². The van der Waals surface area contributed by atoms with Crippen LogP contribution in [-0.4, -0.2) is 13.2 Å². The minimum absolute atomic E-state index is 0.703. The first-order chi connectivity index (χ1) is 6.20. The number of rotatable bonds is 7. The number of allylic oxidation sites excluding steroid dienone is 3. The van der Waals surface area contributed by atoms with Gasteiger partial charge in [-0.15, -0.1) is 6.58 Å². The molecule has 0 heterocycles. The molecule has 2 atom stereocenters. The van der Waals surface area contributed by atoms with Gasteiger partial charge in [0.1, 0.15) is 0 Å². The maximum Gasteiger partial charge on any atom is 0.155 e. The molecule has 0 aliphatic heterocycles. The van der Waals surface area contributed by atoms with E-state index in [0.29, 0.717) is 5.82 Å². The van der Waals surface area contributed by atoms with Gasteiger partial charge in [0.15, 0.2) is 7.00 Å². The summed E-state index contributed by atoms with van der Waals surface area (Å²) in [5.41, 5.74) is 1.56. The largest absolute Gasteiger partial charge is 0.159 e. The van der Waals surface area contributed by atoms with E-state index in [9.17, 15) is 0 Å². The fourth-order valence-electron chi connectivity index (χ4n) is 1.15. The van der Waals surface area contributed by atoms with Crippen molar-refractivity contribution in [2.24, 2.45) is 0 Å². The second kappa shape index (κ2) is 8.57. The zero-order valence-corrected chi connectivity index (χ0v) is 10.3. The third kappa shape index (κ3) is 8.31. The molecule has 0 bridgehead atoms. The van der Waals surface area contributed by atoms with Crippen molar-refractivity contribution >= 4 is 15.5 Å². The molecule has 0 aliphatic carbocycles. The lowest BCUT2D eigenvalue weighted by molar-refractivity contribution is 1.07. The van der Waals surface area contributed by atoms with Gasteiger partial charge in [0.2, 0.25) is 0 Å². The number of hydrogen-bond donors (Lipinski definition) is 0. The van der Waals surface area contributed by atoms with Crippen LogP contribution in [0, 0.1) is 0 Å². The van der Waals surface area contributed by atoms with Gasteiger partial charge in [0, 0.05) is 0 Å². The molecule has 0 amide bonds. The third-order valence-corrected chi connectivity index (χ3v) is 3.65. The highest BCUT2D eigenvalue weighted by atomic mass is 31.1. The van der Waals surface area contributed by atoms with E-state index in [1.807, 2.05) is 0 Å². The summed E-state index contributed by atoms with van der Waals surface area (Å²) in [6.07, 6.45) is 8.22. The van der Waals surface area contributed by atoms with E-state index in [4.69, 9.17) is 0 Å². The predicted molar refractivity (Wildman–Crippen MR) is 68.6 cm³/mol. The van der Waals surface area contributed by atoms with Crippen LogP contribution in [0.2, 0.25) is 5.82 Å². The lowest BCUT2D eigenvalue weighted by atomic mass is 9.88. The molecule has 0 spiro atoms. The second-order valence-corrected chi connectivity index (χ2v) is 5.03. The Labute approximate surface area is 85.9 Å². The summed E-state index contributed by atoms with van der Waals surface area (Å²) in [6.45, 7) is 11.8. The molecule has 0 rings (SSSR count). The first-order valence-electron chi connectivity index (χ1n) is 5.19. The second-order valence-electron chi connectivity index (χ2n) is 3.63. The van der Waals surface area contributed by atoms with Gasteiger partial charge in [-0.3, -0.25) is 0 Å². The van der Waals surface area contributed by atoms with Crippen LogP contribution in [0.3, 0.4) is 0 Å². The molecule has 0 N–H and O–H groups in total. The molecule has 74 valence electrons. The maximum atomic E-state index is 3.80. The summed E-state index contributed by atoms with van der Waals surface area (Å²) >= 11 is 0. The zero-order valence-electron chi connectivity index (χ0n) is 9.27. The van der Waals surface area contributed by atoms with Crippen LogP contribution in [0.4, 0.5) is 0 Å². The Morgan fingerprint density at radius 1 is 1.62 bits per heavy atom. The summed E-state index contributed by atoms with van der Waals surface area (Å²) in [7, 11) is 1.10. The van der Waals surface area contributed by atoms with Crippen LogP contribution in [0.15, 0.2) is 24.3 Å². The Kier molecular flexibility index (Phi) is 8.55. The Bertz CT molecular complexity index is 163. The molecule has 0 aliphatic rings. The van der Waals surface area contributed by atoms with E-state index in [0.717, 1.165) is 8.46 Å². The molecule has 2 heteroatoms. The zero-order chi connectivity index (χ0) is 10.1. The Morgan fingerprint density at radius 3 is 2.85 bits per heavy atom. The van der Waals surface area contributed by atoms with E-state index in [2.05, 4.69) is 39.5 Å². The topological polar surface area (TPSA) is 0 Å². The Balaban J connectivity index is 3.35. The van der Waals surface area contributed by atoms with Crippen LogP contribution in [0.25, 0.3) is 0 Å². The molecule has 0 aromatic rings. The maximum absolute atomic E-state index is 3.80. The van der Waals surface area contributed by atoms with Crippen molar-refractivity contribution in [1.29, 1.82) is 0 Å². The van der Waals surface area contributed by atoms with Crippen molar-refractivity contribution in [1.82, 2.24) is 0 Å². The molecule has 0 nitrogen and oxygen atoms in total. The van der Waals surface area contributed by atoms with Crippen molar-refractivity contribution in [2.45, 2.75) is 39.4 Å². The standard InChI is InChI=1S/C11H22BP/c1-5-7-10(3)8-9-13-12-11(4)6-2/h6-7,11-13H,2,5,8-9H2,1,3-4H3/b10-7+/t11-/m0/s1. The predicted octanol–water partition coefficient (Wildman–Crippen LogP) is 3.76. The summed E-state index contributed by atoms with van der Waals surface area (Å²) in [5, 5.41) is 0. The van der Waals surface area contributed by atoms with Crippen molar-refractivity contribution in [3.05, 3.63) is 24.3 Å². The van der Waals surface area contributed by atoms with Crippen molar-refractivity contribution in [3.8, 4) is 0 Å². The Hall–Kier alpha value is -0.0251. The van der Waals surface area contributed by atoms with Crippen LogP contribution in [0.5, 0.6) is 0 Å². The summed E-state index contributed by atoms with van der Waals surface area (Å²) in [5.74, 6) is 0.703. The van der Waals surface area contributed by atoms with E-state index in [1.165, 1.54) is 26.0 Å². The quantitative estimate of drug-likeness (QED) is 0.251. The third-order valence-electron chi connectivity index (χ3n) is 2.12. The van der Waals surface area contributed by atoms with Gasteiger partial charge in [-0.2, -0.15) is 8.46 Å². The molecule has 0 aromatic carbocycles. The highest BCUT2D eigenvalue weighted by molar-refractivity contribution is 7.71. The van der Waals surface area contributed by atoms with E-state index in [1.54, 1.807) is 5.57 Å². The first kappa shape index (κ1) is 13.0. The summed E-state index contributed by atoms with van der Waals surface area (Å²) in [4.78, 5) is 0.